The van der Waals surface area contributed by atoms with E-state index in [0.717, 1.165) is 24.7 Å². The molecule has 3 aliphatic carbocycles. The van der Waals surface area contributed by atoms with Crippen LogP contribution in [-0.2, 0) is 5.41 Å². The van der Waals surface area contributed by atoms with Gasteiger partial charge >= 0.3 is 0 Å². The lowest BCUT2D eigenvalue weighted by molar-refractivity contribution is 0.249. The normalized spacial score (nSPS) is 28.9. The first kappa shape index (κ1) is 34.7. The first-order valence-electron chi connectivity index (χ1n) is 18.7. The van der Waals surface area contributed by atoms with Crippen molar-refractivity contribution in [3.8, 4) is 0 Å². The molecule has 2 heterocycles. The number of benzene rings is 1. The fourth-order valence-corrected chi connectivity index (χ4v) is 10.3. The molecule has 2 aliphatic heterocycles. The summed E-state index contributed by atoms with van der Waals surface area (Å²) >= 11 is 1.88. The molecule has 0 spiro atoms. The summed E-state index contributed by atoms with van der Waals surface area (Å²) in [5.74, 6) is 1.71. The molecule has 2 nitrogen and oxygen atoms in total. The van der Waals surface area contributed by atoms with E-state index in [0.29, 0.717) is 6.04 Å². The van der Waals surface area contributed by atoms with E-state index in [1.807, 2.05) is 24.1 Å². The molecule has 1 fully saturated rings. The van der Waals surface area contributed by atoms with Crippen LogP contribution in [0.4, 0.5) is 0 Å². The molecule has 3 heteroatoms. The van der Waals surface area contributed by atoms with Gasteiger partial charge in [0.1, 0.15) is 0 Å². The van der Waals surface area contributed by atoms with Gasteiger partial charge in [-0.15, -0.1) is 0 Å². The third kappa shape index (κ3) is 7.67. The van der Waals surface area contributed by atoms with Crippen molar-refractivity contribution in [3.05, 3.63) is 141 Å². The molecule has 4 unspecified atom stereocenters. The van der Waals surface area contributed by atoms with Crippen LogP contribution in [0.15, 0.2) is 136 Å². The summed E-state index contributed by atoms with van der Waals surface area (Å²) in [6, 6.07) is 12.1. The Morgan fingerprint density at radius 1 is 1.06 bits per heavy atom. The van der Waals surface area contributed by atoms with E-state index >= 15 is 0 Å². The van der Waals surface area contributed by atoms with E-state index in [1.54, 1.807) is 11.1 Å². The van der Waals surface area contributed by atoms with Crippen LogP contribution >= 0.6 is 11.9 Å². The minimum atomic E-state index is 0.112. The highest BCUT2D eigenvalue weighted by atomic mass is 32.2. The fourth-order valence-electron chi connectivity index (χ4n) is 8.94. The predicted molar refractivity (Wildman–Crippen MR) is 209 cm³/mol. The zero-order valence-corrected chi connectivity index (χ0v) is 31.0. The summed E-state index contributed by atoms with van der Waals surface area (Å²) in [4.78, 5) is 1.35. The van der Waals surface area contributed by atoms with E-state index in [2.05, 4.69) is 124 Å². The Morgan fingerprint density at radius 2 is 1.85 bits per heavy atom. The third-order valence-electron chi connectivity index (χ3n) is 11.7. The first-order valence-corrected chi connectivity index (χ1v) is 19.5. The molecule has 0 radical (unpaired) electrons. The molecule has 5 aliphatic rings. The minimum Gasteiger partial charge on any atom is -0.380 e. The summed E-state index contributed by atoms with van der Waals surface area (Å²) < 4.78 is 2.53. The van der Waals surface area contributed by atoms with Gasteiger partial charge in [0.2, 0.25) is 0 Å². The highest BCUT2D eigenvalue weighted by molar-refractivity contribution is 8.01. The monoisotopic (exact) mass is 658 g/mol. The van der Waals surface area contributed by atoms with E-state index in [1.165, 1.54) is 96.4 Å². The van der Waals surface area contributed by atoms with Crippen LogP contribution in [0.5, 0.6) is 0 Å². The highest BCUT2D eigenvalue weighted by Crippen LogP contribution is 2.48. The van der Waals surface area contributed by atoms with Gasteiger partial charge in [-0.25, -0.2) is 0 Å². The Morgan fingerprint density at radius 3 is 2.56 bits per heavy atom. The molecule has 0 bridgehead atoms. The summed E-state index contributed by atoms with van der Waals surface area (Å²) in [5.41, 5.74) is 11.4. The molecule has 254 valence electrons. The zero-order valence-electron chi connectivity index (χ0n) is 30.2. The van der Waals surface area contributed by atoms with E-state index in [-0.39, 0.29) is 11.5 Å². The Kier molecular flexibility index (Phi) is 11.3. The van der Waals surface area contributed by atoms with E-state index in [4.69, 9.17) is 0 Å². The number of fused-ring (bicyclic) bond motifs is 1. The van der Waals surface area contributed by atoms with Crippen molar-refractivity contribution in [2.45, 2.75) is 123 Å². The van der Waals surface area contributed by atoms with Crippen LogP contribution < -0.4 is 5.32 Å². The molecular weight excluding hydrogens is 601 g/mol. The number of rotatable bonds is 10. The average Bonchev–Trinajstić information content (AvgIpc) is 3.42. The van der Waals surface area contributed by atoms with Gasteiger partial charge in [0.15, 0.2) is 0 Å². The van der Waals surface area contributed by atoms with Gasteiger partial charge in [-0.1, -0.05) is 125 Å². The van der Waals surface area contributed by atoms with Gasteiger partial charge in [-0.05, 0) is 130 Å². The summed E-state index contributed by atoms with van der Waals surface area (Å²) in [6.45, 7) is 15.3. The highest BCUT2D eigenvalue weighted by Gasteiger charge is 2.37. The van der Waals surface area contributed by atoms with E-state index < -0.39 is 0 Å². The smallest absolute Gasteiger partial charge is 0.0816 e. The molecule has 0 aromatic heterocycles. The van der Waals surface area contributed by atoms with Gasteiger partial charge in [-0.3, -0.25) is 4.31 Å². The fraction of sp³-hybridized carbons (Fsp3) is 0.467. The number of nitrogens with one attached hydrogen (secondary N) is 1. The predicted octanol–water partition coefficient (Wildman–Crippen LogP) is 12.4. The molecule has 0 saturated heterocycles. The molecule has 1 aromatic carbocycles. The van der Waals surface area contributed by atoms with Gasteiger partial charge in [0, 0.05) is 16.4 Å². The lowest BCUT2D eigenvalue weighted by Gasteiger charge is -2.40. The molecule has 6 rings (SSSR count). The first-order chi connectivity index (χ1) is 23.3. The molecule has 1 N–H and O–H groups in total. The Labute approximate surface area is 296 Å². The number of hydrogen-bond acceptors (Lipinski definition) is 3. The van der Waals surface area contributed by atoms with Crippen molar-refractivity contribution in [1.82, 2.24) is 9.62 Å². The maximum atomic E-state index is 4.06. The second-order valence-electron chi connectivity index (χ2n) is 15.2. The SMILES string of the molecule is C=C/C=C\C(C)=C(/C)C1=C(NC2CC=C(C3=CC(C)(c4ccccc4)CC(CC4CCCCC4)C3)CC2)C=CC2C(C)=C(/C=C\C)SN12. The van der Waals surface area contributed by atoms with Gasteiger partial charge in [-0.2, -0.15) is 0 Å². The van der Waals surface area contributed by atoms with Crippen molar-refractivity contribution >= 4 is 11.9 Å². The number of nitrogens with zero attached hydrogens (tertiary/aromatic N) is 1. The zero-order chi connectivity index (χ0) is 33.7. The molecule has 48 heavy (non-hydrogen) atoms. The number of allylic oxidation sites excluding steroid dienone is 11. The van der Waals surface area contributed by atoms with Crippen molar-refractivity contribution in [3.63, 3.8) is 0 Å². The third-order valence-corrected chi connectivity index (χ3v) is 12.9. The van der Waals surface area contributed by atoms with Crippen LogP contribution in [0.2, 0.25) is 0 Å². The minimum absolute atomic E-state index is 0.112. The Hall–Kier alpha value is -3.17. The quantitative estimate of drug-likeness (QED) is 0.199. The topological polar surface area (TPSA) is 15.3 Å². The van der Waals surface area contributed by atoms with Crippen molar-refractivity contribution < 1.29 is 0 Å². The standard InChI is InChI=1S/C45H58N2S/c1-7-9-17-32(3)33(4)44-41(26-27-42-34(5)43(16-8-2)48-47(42)44)46-40-24-22-37(23-25-40)38-29-36(28-35-18-12-10-13-19-35)30-45(6,31-38)39-20-14-11-15-21-39/h7-9,11,14-17,20-22,26-27,31,35-36,40,42,46H,1,10,12-13,18-19,23-25,28-30H2,2-6H3/b16-8-,17-9-,33-32+. The second-order valence-corrected chi connectivity index (χ2v) is 16.3. The average molecular weight is 659 g/mol. The Balaban J connectivity index is 1.24. The van der Waals surface area contributed by atoms with Crippen LogP contribution in [-0.4, -0.2) is 16.4 Å². The maximum Gasteiger partial charge on any atom is 0.0816 e. The lowest BCUT2D eigenvalue weighted by atomic mass is 9.65. The molecule has 0 amide bonds. The molecule has 4 atom stereocenters. The lowest BCUT2D eigenvalue weighted by Crippen LogP contribution is -2.36. The molecule has 1 aromatic rings. The van der Waals surface area contributed by atoms with Crippen LogP contribution in [0.3, 0.4) is 0 Å². The largest absolute Gasteiger partial charge is 0.380 e. The van der Waals surface area contributed by atoms with Gasteiger partial charge < -0.3 is 5.32 Å². The summed E-state index contributed by atoms with van der Waals surface area (Å²) in [6.07, 6.45) is 35.1. The van der Waals surface area contributed by atoms with Crippen LogP contribution in [0.1, 0.15) is 111 Å². The summed E-state index contributed by atoms with van der Waals surface area (Å²) in [5, 5.41) is 4.06. The van der Waals surface area contributed by atoms with Crippen molar-refractivity contribution in [1.29, 1.82) is 0 Å². The molecule has 1 saturated carbocycles. The van der Waals surface area contributed by atoms with E-state index in [9.17, 15) is 0 Å². The Bertz CT molecular complexity index is 1590. The second kappa shape index (κ2) is 15.6. The summed E-state index contributed by atoms with van der Waals surface area (Å²) in [7, 11) is 0. The van der Waals surface area contributed by atoms with Crippen LogP contribution in [0.25, 0.3) is 0 Å². The van der Waals surface area contributed by atoms with Crippen molar-refractivity contribution in [2.24, 2.45) is 11.8 Å². The molecular formula is C45H58N2S. The number of hydrogen-bond donors (Lipinski definition) is 1. The van der Waals surface area contributed by atoms with Crippen molar-refractivity contribution in [2.75, 3.05) is 0 Å². The maximum absolute atomic E-state index is 4.06. The van der Waals surface area contributed by atoms with Crippen LogP contribution in [0, 0.1) is 11.8 Å². The van der Waals surface area contributed by atoms with Gasteiger partial charge in [0.05, 0.1) is 17.4 Å². The van der Waals surface area contributed by atoms with Gasteiger partial charge in [0.25, 0.3) is 0 Å².